The summed E-state index contributed by atoms with van der Waals surface area (Å²) in [5.74, 6) is 0. The van der Waals surface area contributed by atoms with E-state index in [1.807, 2.05) is 6.08 Å². The quantitative estimate of drug-likeness (QED) is 0.342. The van der Waals surface area contributed by atoms with Crippen LogP contribution in [0.2, 0.25) is 19.6 Å². The molecule has 0 aliphatic heterocycles. The molecule has 3 nitrogen and oxygen atoms in total. The lowest BCUT2D eigenvalue weighted by molar-refractivity contribution is -0.384. The molecule has 0 unspecified atom stereocenters. The largest absolute Gasteiger partial charge is 0.269 e. The molecule has 0 spiro atoms. The van der Waals surface area contributed by atoms with Crippen molar-refractivity contribution in [2.75, 3.05) is 0 Å². The molecule has 0 aliphatic rings. The van der Waals surface area contributed by atoms with Gasteiger partial charge in [0.2, 0.25) is 0 Å². The number of benzene rings is 1. The third-order valence-electron chi connectivity index (χ3n) is 3.13. The topological polar surface area (TPSA) is 43.1 Å². The van der Waals surface area contributed by atoms with Crippen LogP contribution in [0.4, 0.5) is 5.69 Å². The van der Waals surface area contributed by atoms with E-state index in [4.69, 9.17) is 0 Å². The van der Waals surface area contributed by atoms with Crippen molar-refractivity contribution in [3.63, 3.8) is 0 Å². The molecule has 1 aromatic rings. The molecule has 0 bridgehead atoms. The monoisotopic (exact) mass is 275 g/mol. The summed E-state index contributed by atoms with van der Waals surface area (Å²) >= 11 is 0. The lowest BCUT2D eigenvalue weighted by atomic mass is 10.1. The zero-order valence-corrected chi connectivity index (χ0v) is 13.2. The number of nitrogens with zero attached hydrogens (tertiary/aromatic N) is 1. The first-order valence-electron chi connectivity index (χ1n) is 6.31. The number of hydrogen-bond acceptors (Lipinski definition) is 2. The van der Waals surface area contributed by atoms with Crippen LogP contribution in [0.3, 0.4) is 0 Å². The molecule has 0 radical (unpaired) electrons. The van der Waals surface area contributed by atoms with Crippen LogP contribution in [0.5, 0.6) is 0 Å². The Kier molecular flexibility index (Phi) is 4.83. The Morgan fingerprint density at radius 1 is 1.16 bits per heavy atom. The predicted octanol–water partition coefficient (Wildman–Crippen LogP) is 4.82. The van der Waals surface area contributed by atoms with Crippen molar-refractivity contribution in [2.45, 2.75) is 33.5 Å². The molecular formula is C15H21NO2Si. The van der Waals surface area contributed by atoms with E-state index in [0.717, 1.165) is 5.56 Å². The highest BCUT2D eigenvalue weighted by Gasteiger charge is 2.14. The molecule has 0 saturated carbocycles. The molecule has 1 rings (SSSR count). The summed E-state index contributed by atoms with van der Waals surface area (Å²) in [6.07, 6.45) is 4.26. The summed E-state index contributed by atoms with van der Waals surface area (Å²) in [7, 11) is -1.23. The van der Waals surface area contributed by atoms with Crippen LogP contribution in [0.25, 0.3) is 6.08 Å². The zero-order valence-electron chi connectivity index (χ0n) is 12.2. The molecule has 0 fully saturated rings. The van der Waals surface area contributed by atoms with Gasteiger partial charge in [-0.05, 0) is 31.5 Å². The Bertz CT molecular complexity index is 522. The Morgan fingerprint density at radius 2 is 1.68 bits per heavy atom. The smallest absolute Gasteiger partial charge is 0.258 e. The van der Waals surface area contributed by atoms with Crippen molar-refractivity contribution in [3.05, 3.63) is 56.8 Å². The second-order valence-electron chi connectivity index (χ2n) is 5.81. The number of hydrogen-bond donors (Lipinski definition) is 0. The van der Waals surface area contributed by atoms with Gasteiger partial charge in [-0.25, -0.2) is 0 Å². The van der Waals surface area contributed by atoms with E-state index in [-0.39, 0.29) is 10.6 Å². The number of non-ortho nitro benzene ring substituents is 1. The van der Waals surface area contributed by atoms with Crippen LogP contribution in [0.1, 0.15) is 19.4 Å². The Hall–Kier alpha value is -1.68. The van der Waals surface area contributed by atoms with Gasteiger partial charge in [0.05, 0.1) is 13.0 Å². The number of nitro groups is 1. The molecular weight excluding hydrogens is 254 g/mol. The lowest BCUT2D eigenvalue weighted by Gasteiger charge is -2.17. The van der Waals surface area contributed by atoms with E-state index in [9.17, 15) is 10.1 Å². The van der Waals surface area contributed by atoms with E-state index >= 15 is 0 Å². The SMILES string of the molecule is CC(=C\c1ccc([N+](=O)[O-])cc1)/C=C(\C)[Si](C)(C)C. The molecule has 0 heterocycles. The average molecular weight is 275 g/mol. The molecule has 4 heteroatoms. The van der Waals surface area contributed by atoms with Gasteiger partial charge < -0.3 is 0 Å². The fourth-order valence-corrected chi connectivity index (χ4v) is 2.22. The summed E-state index contributed by atoms with van der Waals surface area (Å²) in [6, 6.07) is 6.63. The molecule has 1 aromatic carbocycles. The molecule has 0 amide bonds. The van der Waals surface area contributed by atoms with Gasteiger partial charge in [-0.2, -0.15) is 0 Å². The second kappa shape index (κ2) is 5.97. The van der Waals surface area contributed by atoms with Crippen LogP contribution in [0, 0.1) is 10.1 Å². The van der Waals surface area contributed by atoms with Crippen LogP contribution in [-0.4, -0.2) is 13.0 Å². The van der Waals surface area contributed by atoms with E-state index in [1.54, 1.807) is 12.1 Å². The first-order chi connectivity index (χ1) is 8.70. The van der Waals surface area contributed by atoms with Gasteiger partial charge in [-0.1, -0.05) is 42.6 Å². The van der Waals surface area contributed by atoms with E-state index < -0.39 is 8.07 Å². The summed E-state index contributed by atoms with van der Waals surface area (Å²) in [5, 5.41) is 12.0. The Morgan fingerprint density at radius 3 is 2.11 bits per heavy atom. The number of nitro benzene ring substituents is 1. The molecule has 0 saturated heterocycles. The van der Waals surface area contributed by atoms with Gasteiger partial charge in [0, 0.05) is 12.1 Å². The van der Waals surface area contributed by atoms with Crippen molar-refractivity contribution < 1.29 is 4.92 Å². The summed E-state index contributed by atoms with van der Waals surface area (Å²) in [5.41, 5.74) is 2.29. The van der Waals surface area contributed by atoms with Crippen molar-refractivity contribution in [3.8, 4) is 0 Å². The minimum atomic E-state index is -1.23. The molecule has 0 aliphatic carbocycles. The third kappa shape index (κ3) is 4.83. The van der Waals surface area contributed by atoms with Crippen LogP contribution < -0.4 is 0 Å². The van der Waals surface area contributed by atoms with Crippen molar-refractivity contribution in [2.24, 2.45) is 0 Å². The maximum absolute atomic E-state index is 10.6. The van der Waals surface area contributed by atoms with Crippen molar-refractivity contribution in [1.29, 1.82) is 0 Å². The van der Waals surface area contributed by atoms with E-state index in [2.05, 4.69) is 39.6 Å². The lowest BCUT2D eigenvalue weighted by Crippen LogP contribution is -2.21. The second-order valence-corrected chi connectivity index (χ2v) is 11.1. The van der Waals surface area contributed by atoms with E-state index in [0.29, 0.717) is 0 Å². The Labute approximate surface area is 115 Å². The average Bonchev–Trinajstić information content (AvgIpc) is 2.28. The maximum Gasteiger partial charge on any atom is 0.269 e. The molecule has 0 aromatic heterocycles. The standard InChI is InChI=1S/C15H21NO2Si/c1-12(10-13(2)19(3,4)5)11-14-6-8-15(9-7-14)16(17)18/h6-11H,1-5H3/b12-11+,13-10+. The van der Waals surface area contributed by atoms with Crippen molar-refractivity contribution >= 4 is 19.8 Å². The Balaban J connectivity index is 2.94. The zero-order chi connectivity index (χ0) is 14.6. The van der Waals surface area contributed by atoms with Gasteiger partial charge in [-0.3, -0.25) is 10.1 Å². The van der Waals surface area contributed by atoms with Crippen molar-refractivity contribution in [1.82, 2.24) is 0 Å². The predicted molar refractivity (Wildman–Crippen MR) is 83.9 cm³/mol. The van der Waals surface area contributed by atoms with Gasteiger partial charge in [0.15, 0.2) is 0 Å². The van der Waals surface area contributed by atoms with Gasteiger partial charge in [0.25, 0.3) is 5.69 Å². The fourth-order valence-electron chi connectivity index (χ4n) is 1.55. The first kappa shape index (κ1) is 15.4. The third-order valence-corrected chi connectivity index (χ3v) is 5.64. The van der Waals surface area contributed by atoms with Crippen LogP contribution in [-0.2, 0) is 0 Å². The van der Waals surface area contributed by atoms with Gasteiger partial charge in [-0.15, -0.1) is 0 Å². The van der Waals surface area contributed by atoms with Crippen LogP contribution >= 0.6 is 0 Å². The molecule has 19 heavy (non-hydrogen) atoms. The highest BCUT2D eigenvalue weighted by Crippen LogP contribution is 2.18. The summed E-state index contributed by atoms with van der Waals surface area (Å²) < 4.78 is 0. The molecule has 102 valence electrons. The van der Waals surface area contributed by atoms with Gasteiger partial charge in [0.1, 0.15) is 0 Å². The fraction of sp³-hybridized carbons (Fsp3) is 0.333. The van der Waals surface area contributed by atoms with E-state index in [1.165, 1.54) is 22.9 Å². The highest BCUT2D eigenvalue weighted by molar-refractivity contribution is 6.83. The van der Waals surface area contributed by atoms with Crippen LogP contribution in [0.15, 0.2) is 41.1 Å². The summed E-state index contributed by atoms with van der Waals surface area (Å²) in [6.45, 7) is 11.2. The minimum Gasteiger partial charge on any atom is -0.258 e. The first-order valence-corrected chi connectivity index (χ1v) is 9.81. The number of rotatable bonds is 4. The molecule has 0 N–H and O–H groups in total. The summed E-state index contributed by atoms with van der Waals surface area (Å²) in [4.78, 5) is 10.2. The maximum atomic E-state index is 10.6. The molecule has 0 atom stereocenters. The number of allylic oxidation sites excluding steroid dienone is 3. The normalized spacial score (nSPS) is 13.5. The minimum absolute atomic E-state index is 0.128. The highest BCUT2D eigenvalue weighted by atomic mass is 28.3. The van der Waals surface area contributed by atoms with Gasteiger partial charge >= 0.3 is 0 Å².